The molecule has 0 saturated heterocycles. The molecule has 0 aliphatic heterocycles. The summed E-state index contributed by atoms with van der Waals surface area (Å²) in [6.45, 7) is 5.57. The van der Waals surface area contributed by atoms with Crippen LogP contribution in [0.25, 0.3) is 10.2 Å². The minimum atomic E-state index is -0.371. The van der Waals surface area contributed by atoms with Gasteiger partial charge in [0.25, 0.3) is 0 Å². The Kier molecular flexibility index (Phi) is 5.86. The molecule has 0 bridgehead atoms. The summed E-state index contributed by atoms with van der Waals surface area (Å²) in [4.78, 5) is 28.6. The van der Waals surface area contributed by atoms with E-state index >= 15 is 0 Å². The Morgan fingerprint density at radius 1 is 1.15 bits per heavy atom. The molecule has 0 spiro atoms. The molecule has 1 atom stereocenters. The number of benzene rings is 2. The van der Waals surface area contributed by atoms with Gasteiger partial charge < -0.3 is 10.6 Å². The number of anilines is 1. The van der Waals surface area contributed by atoms with Gasteiger partial charge in [0.2, 0.25) is 11.8 Å². The Morgan fingerprint density at radius 3 is 2.56 bits per heavy atom. The fourth-order valence-electron chi connectivity index (χ4n) is 2.89. The number of aromatic nitrogens is 1. The average Bonchev–Trinajstić information content (AvgIpc) is 3.02. The summed E-state index contributed by atoms with van der Waals surface area (Å²) >= 11 is 1.46. The maximum atomic E-state index is 12.5. The molecule has 3 aromatic rings. The second-order valence-electron chi connectivity index (χ2n) is 6.59. The molecule has 5 nitrogen and oxygen atoms in total. The van der Waals surface area contributed by atoms with Gasteiger partial charge in [-0.25, -0.2) is 4.98 Å². The van der Waals surface area contributed by atoms with E-state index in [0.29, 0.717) is 5.13 Å². The first-order chi connectivity index (χ1) is 12.9. The second kappa shape index (κ2) is 8.31. The fraction of sp³-hybridized carbons (Fsp3) is 0.286. The van der Waals surface area contributed by atoms with E-state index in [1.807, 2.05) is 37.3 Å². The third-order valence-corrected chi connectivity index (χ3v) is 5.29. The number of carbonyl (C=O) groups excluding carboxylic acids is 2. The molecule has 0 aliphatic rings. The van der Waals surface area contributed by atoms with Gasteiger partial charge >= 0.3 is 0 Å². The first-order valence-electron chi connectivity index (χ1n) is 8.97. The van der Waals surface area contributed by atoms with Gasteiger partial charge in [-0.3, -0.25) is 9.59 Å². The normalized spacial score (nSPS) is 12.0. The number of amides is 2. The number of hydrogen-bond acceptors (Lipinski definition) is 4. The number of hydrogen-bond donors (Lipinski definition) is 2. The maximum absolute atomic E-state index is 12.5. The number of nitrogens with zero attached hydrogens (tertiary/aromatic N) is 1. The predicted molar refractivity (Wildman–Crippen MR) is 110 cm³/mol. The van der Waals surface area contributed by atoms with Crippen LogP contribution >= 0.6 is 11.3 Å². The van der Waals surface area contributed by atoms with Crippen molar-refractivity contribution >= 4 is 38.5 Å². The quantitative estimate of drug-likeness (QED) is 0.666. The molecule has 0 radical (unpaired) electrons. The summed E-state index contributed by atoms with van der Waals surface area (Å²) in [5.74, 6) is -0.343. The van der Waals surface area contributed by atoms with Crippen molar-refractivity contribution in [3.63, 3.8) is 0 Å². The largest absolute Gasteiger partial charge is 0.349 e. The van der Waals surface area contributed by atoms with Gasteiger partial charge in [0, 0.05) is 6.92 Å². The molecule has 6 heteroatoms. The van der Waals surface area contributed by atoms with Crippen molar-refractivity contribution in [2.75, 3.05) is 5.32 Å². The smallest absolute Gasteiger partial charge is 0.228 e. The highest BCUT2D eigenvalue weighted by atomic mass is 32.1. The molecule has 0 saturated carbocycles. The van der Waals surface area contributed by atoms with Crippen molar-refractivity contribution in [3.05, 3.63) is 59.2 Å². The zero-order chi connectivity index (χ0) is 19.4. The molecule has 1 unspecified atom stereocenters. The lowest BCUT2D eigenvalue weighted by Crippen LogP contribution is -2.29. The third kappa shape index (κ3) is 4.92. The van der Waals surface area contributed by atoms with Crippen LogP contribution in [0.4, 0.5) is 5.13 Å². The van der Waals surface area contributed by atoms with E-state index in [1.54, 1.807) is 0 Å². The van der Waals surface area contributed by atoms with Crippen molar-refractivity contribution in [2.45, 2.75) is 39.7 Å². The average molecular weight is 382 g/mol. The minimum Gasteiger partial charge on any atom is -0.349 e. The number of rotatable bonds is 6. The fourth-order valence-corrected chi connectivity index (χ4v) is 3.84. The summed E-state index contributed by atoms with van der Waals surface area (Å²) in [6.07, 6.45) is 1.11. The molecule has 1 aromatic heterocycles. The van der Waals surface area contributed by atoms with Crippen LogP contribution < -0.4 is 10.6 Å². The molecular weight excluding hydrogens is 358 g/mol. The zero-order valence-electron chi connectivity index (χ0n) is 15.7. The number of nitrogens with one attached hydrogen (secondary N) is 2. The van der Waals surface area contributed by atoms with Crippen molar-refractivity contribution in [1.82, 2.24) is 10.3 Å². The summed E-state index contributed by atoms with van der Waals surface area (Å²) in [5, 5.41) is 6.31. The van der Waals surface area contributed by atoms with E-state index in [9.17, 15) is 9.59 Å². The number of fused-ring (bicyclic) bond motifs is 1. The predicted octanol–water partition coefficient (Wildman–Crippen LogP) is 4.37. The van der Waals surface area contributed by atoms with Crippen LogP contribution in [0.2, 0.25) is 0 Å². The van der Waals surface area contributed by atoms with Crippen molar-refractivity contribution in [3.8, 4) is 0 Å². The molecule has 27 heavy (non-hydrogen) atoms. The molecule has 140 valence electrons. The van der Waals surface area contributed by atoms with Gasteiger partial charge in [-0.1, -0.05) is 54.2 Å². The summed E-state index contributed by atoms with van der Waals surface area (Å²) in [7, 11) is 0. The van der Waals surface area contributed by atoms with Gasteiger partial charge in [0.05, 0.1) is 22.7 Å². The summed E-state index contributed by atoms with van der Waals surface area (Å²) in [6, 6.07) is 13.6. The topological polar surface area (TPSA) is 71.1 Å². The standard InChI is InChI=1S/C21H23N3O2S/c1-4-15-7-10-17-19(11-15)27-21(23-17)24-20(26)12-18(22-14(3)25)16-8-5-13(2)6-9-16/h5-11,18H,4,12H2,1-3H3,(H,22,25)(H,23,24,26). The van der Waals surface area contributed by atoms with Crippen LogP contribution in [-0.2, 0) is 16.0 Å². The molecule has 2 N–H and O–H groups in total. The first-order valence-corrected chi connectivity index (χ1v) is 9.79. The molecule has 0 fully saturated rings. The van der Waals surface area contributed by atoms with Crippen LogP contribution in [0.3, 0.4) is 0 Å². The van der Waals surface area contributed by atoms with Crippen molar-refractivity contribution in [2.24, 2.45) is 0 Å². The minimum absolute atomic E-state index is 0.152. The van der Waals surface area contributed by atoms with Crippen LogP contribution in [0.5, 0.6) is 0 Å². The Labute approximate surface area is 162 Å². The Hall–Kier alpha value is -2.73. The highest BCUT2D eigenvalue weighted by Crippen LogP contribution is 2.27. The zero-order valence-corrected chi connectivity index (χ0v) is 16.5. The molecule has 3 rings (SSSR count). The highest BCUT2D eigenvalue weighted by Gasteiger charge is 2.18. The van der Waals surface area contributed by atoms with E-state index in [4.69, 9.17) is 0 Å². The summed E-state index contributed by atoms with van der Waals surface area (Å²) in [5.41, 5.74) is 4.16. The SMILES string of the molecule is CCc1ccc2nc(NC(=O)CC(NC(C)=O)c3ccc(C)cc3)sc2c1. The van der Waals surface area contributed by atoms with E-state index in [0.717, 1.165) is 27.8 Å². The first kappa shape index (κ1) is 19.0. The van der Waals surface area contributed by atoms with E-state index in [2.05, 4.69) is 34.7 Å². The lowest BCUT2D eigenvalue weighted by atomic mass is 10.0. The van der Waals surface area contributed by atoms with Crippen molar-refractivity contribution in [1.29, 1.82) is 0 Å². The molecule has 2 amide bonds. The van der Waals surface area contributed by atoms with Gasteiger partial charge in [0.1, 0.15) is 0 Å². The lowest BCUT2D eigenvalue weighted by molar-refractivity contribution is -0.120. The van der Waals surface area contributed by atoms with E-state index in [1.165, 1.54) is 23.8 Å². The van der Waals surface area contributed by atoms with Gasteiger partial charge in [0.15, 0.2) is 5.13 Å². The summed E-state index contributed by atoms with van der Waals surface area (Å²) < 4.78 is 1.06. The molecule has 1 heterocycles. The van der Waals surface area contributed by atoms with Gasteiger partial charge in [-0.05, 0) is 36.6 Å². The lowest BCUT2D eigenvalue weighted by Gasteiger charge is -2.18. The van der Waals surface area contributed by atoms with Crippen LogP contribution in [-0.4, -0.2) is 16.8 Å². The second-order valence-corrected chi connectivity index (χ2v) is 7.62. The number of aryl methyl sites for hydroxylation is 2. The number of carbonyl (C=O) groups is 2. The van der Waals surface area contributed by atoms with Crippen molar-refractivity contribution < 1.29 is 9.59 Å². The Balaban J connectivity index is 1.73. The van der Waals surface area contributed by atoms with Gasteiger partial charge in [-0.2, -0.15) is 0 Å². The van der Waals surface area contributed by atoms with Crippen LogP contribution in [0.1, 0.15) is 43.0 Å². The van der Waals surface area contributed by atoms with E-state index in [-0.39, 0.29) is 24.3 Å². The van der Waals surface area contributed by atoms with Gasteiger partial charge in [-0.15, -0.1) is 0 Å². The molecule has 0 aliphatic carbocycles. The van der Waals surface area contributed by atoms with Crippen LogP contribution in [0.15, 0.2) is 42.5 Å². The van der Waals surface area contributed by atoms with Crippen LogP contribution in [0, 0.1) is 6.92 Å². The molecular formula is C21H23N3O2S. The number of thiazole rings is 1. The Bertz CT molecular complexity index is 963. The monoisotopic (exact) mass is 381 g/mol. The maximum Gasteiger partial charge on any atom is 0.228 e. The Morgan fingerprint density at radius 2 is 1.89 bits per heavy atom. The third-order valence-electron chi connectivity index (χ3n) is 4.35. The highest BCUT2D eigenvalue weighted by molar-refractivity contribution is 7.22. The molecule has 2 aromatic carbocycles. The van der Waals surface area contributed by atoms with E-state index < -0.39 is 0 Å².